The van der Waals surface area contributed by atoms with Gasteiger partial charge in [-0.05, 0) is 25.4 Å². The van der Waals surface area contributed by atoms with Crippen molar-refractivity contribution in [3.8, 4) is 0 Å². The molecule has 0 saturated heterocycles. The Hall–Kier alpha value is -1.25. The summed E-state index contributed by atoms with van der Waals surface area (Å²) < 4.78 is 4.83. The number of aromatic nitrogens is 1. The van der Waals surface area contributed by atoms with Gasteiger partial charge in [0.1, 0.15) is 5.76 Å². The highest BCUT2D eigenvalue weighted by molar-refractivity contribution is 7.98. The number of rotatable bonds is 7. The van der Waals surface area contributed by atoms with E-state index in [0.717, 1.165) is 5.75 Å². The lowest BCUT2D eigenvalue weighted by molar-refractivity contribution is -0.134. The summed E-state index contributed by atoms with van der Waals surface area (Å²) in [7, 11) is 1.55. The number of hydrogen-bond acceptors (Lipinski definition) is 6. The second-order valence-electron chi connectivity index (χ2n) is 4.45. The zero-order valence-corrected chi connectivity index (χ0v) is 13.9. The number of hydrogen-bond donors (Lipinski definition) is 2. The predicted octanol–water partition coefficient (Wildman–Crippen LogP) is 0.882. The smallest absolute Gasteiger partial charge is 0.245 e. The van der Waals surface area contributed by atoms with Crippen molar-refractivity contribution in [3.05, 3.63) is 11.8 Å². The molecule has 0 saturated carbocycles. The Morgan fingerprint density at radius 3 is 2.76 bits per heavy atom. The van der Waals surface area contributed by atoms with Crippen LogP contribution in [0.15, 0.2) is 10.6 Å². The van der Waals surface area contributed by atoms with Crippen molar-refractivity contribution < 1.29 is 14.1 Å². The maximum Gasteiger partial charge on any atom is 0.245 e. The molecule has 0 aliphatic rings. The second kappa shape index (κ2) is 9.64. The molecule has 21 heavy (non-hydrogen) atoms. The molecule has 0 unspecified atom stereocenters. The molecule has 9 heteroatoms. The topological polar surface area (TPSA) is 101 Å². The van der Waals surface area contributed by atoms with Gasteiger partial charge in [-0.1, -0.05) is 5.16 Å². The minimum absolute atomic E-state index is 0. The summed E-state index contributed by atoms with van der Waals surface area (Å²) in [6.07, 6.45) is 2.54. The fourth-order valence-electron chi connectivity index (χ4n) is 1.55. The van der Waals surface area contributed by atoms with Gasteiger partial charge < -0.3 is 20.5 Å². The number of aryl methyl sites for hydroxylation is 1. The van der Waals surface area contributed by atoms with E-state index in [9.17, 15) is 9.59 Å². The van der Waals surface area contributed by atoms with Crippen LogP contribution in [-0.2, 0) is 9.59 Å². The minimum atomic E-state index is -0.574. The van der Waals surface area contributed by atoms with E-state index >= 15 is 0 Å². The van der Waals surface area contributed by atoms with E-state index in [-0.39, 0.29) is 30.8 Å². The summed E-state index contributed by atoms with van der Waals surface area (Å²) in [6, 6.07) is 1.03. The third-order valence-electron chi connectivity index (χ3n) is 2.60. The van der Waals surface area contributed by atoms with Gasteiger partial charge in [-0.3, -0.25) is 9.59 Å². The normalized spacial score (nSPS) is 11.4. The first-order chi connectivity index (χ1) is 9.43. The van der Waals surface area contributed by atoms with E-state index in [1.54, 1.807) is 31.8 Å². The Balaban J connectivity index is 0.00000400. The molecular weight excluding hydrogens is 316 g/mol. The molecule has 0 radical (unpaired) electrons. The quantitative estimate of drug-likeness (QED) is 0.766. The van der Waals surface area contributed by atoms with Crippen molar-refractivity contribution >= 4 is 41.8 Å². The average Bonchev–Trinajstić information content (AvgIpc) is 2.79. The highest BCUT2D eigenvalue weighted by Gasteiger charge is 2.20. The van der Waals surface area contributed by atoms with Crippen LogP contribution < -0.4 is 11.1 Å². The molecule has 1 atom stereocenters. The van der Waals surface area contributed by atoms with Crippen molar-refractivity contribution in [3.63, 3.8) is 0 Å². The molecule has 0 spiro atoms. The third-order valence-corrected chi connectivity index (χ3v) is 3.25. The number of anilines is 1. The first-order valence-corrected chi connectivity index (χ1v) is 7.56. The summed E-state index contributed by atoms with van der Waals surface area (Å²) in [5.74, 6) is 1.16. The van der Waals surface area contributed by atoms with Crippen LogP contribution in [0.2, 0.25) is 0 Å². The lowest BCUT2D eigenvalue weighted by Crippen LogP contribution is -2.45. The number of nitrogens with one attached hydrogen (secondary N) is 1. The van der Waals surface area contributed by atoms with Gasteiger partial charge in [-0.15, -0.1) is 12.4 Å². The molecule has 0 aliphatic carbocycles. The van der Waals surface area contributed by atoms with Gasteiger partial charge in [-0.2, -0.15) is 11.8 Å². The van der Waals surface area contributed by atoms with Gasteiger partial charge in [0.05, 0.1) is 12.6 Å². The molecular formula is C12H21ClN4O3S. The number of carbonyl (C=O) groups is 2. The molecule has 3 N–H and O–H groups in total. The van der Waals surface area contributed by atoms with E-state index in [2.05, 4.69) is 10.5 Å². The van der Waals surface area contributed by atoms with Gasteiger partial charge in [-0.25, -0.2) is 0 Å². The Kier molecular flexibility index (Phi) is 9.07. The highest BCUT2D eigenvalue weighted by atomic mass is 35.5. The average molecular weight is 337 g/mol. The molecule has 1 aromatic rings. The molecule has 2 amide bonds. The number of likely N-dealkylation sites (N-methyl/N-ethyl adjacent to an activating group) is 1. The van der Waals surface area contributed by atoms with Crippen LogP contribution in [0.5, 0.6) is 0 Å². The molecule has 1 rings (SSSR count). The Bertz CT molecular complexity index is 469. The van der Waals surface area contributed by atoms with Crippen LogP contribution in [0, 0.1) is 6.92 Å². The van der Waals surface area contributed by atoms with Crippen LogP contribution in [0.25, 0.3) is 0 Å². The summed E-state index contributed by atoms with van der Waals surface area (Å²) >= 11 is 1.63. The van der Waals surface area contributed by atoms with Gasteiger partial charge >= 0.3 is 0 Å². The molecule has 0 aromatic carbocycles. The lowest BCUT2D eigenvalue weighted by atomic mass is 10.2. The summed E-state index contributed by atoms with van der Waals surface area (Å²) in [6.45, 7) is 1.65. The molecule has 1 heterocycles. The standard InChI is InChI=1S/C12H20N4O3S.ClH/c1-8-6-10(15-19-8)14-11(17)7-16(2)12(18)9(13)4-5-20-3;/h6,9H,4-5,7,13H2,1-3H3,(H,14,15,17);1H/t9-;/m0./s1. The first-order valence-electron chi connectivity index (χ1n) is 6.16. The Morgan fingerprint density at radius 1 is 1.57 bits per heavy atom. The summed E-state index contributed by atoms with van der Waals surface area (Å²) in [5, 5.41) is 6.19. The van der Waals surface area contributed by atoms with E-state index in [0.29, 0.717) is 18.0 Å². The zero-order valence-electron chi connectivity index (χ0n) is 12.3. The number of nitrogens with zero attached hydrogens (tertiary/aromatic N) is 2. The van der Waals surface area contributed by atoms with Gasteiger partial charge in [0, 0.05) is 13.1 Å². The van der Waals surface area contributed by atoms with Crippen LogP contribution in [0.3, 0.4) is 0 Å². The maximum atomic E-state index is 11.9. The van der Waals surface area contributed by atoms with Crippen LogP contribution >= 0.6 is 24.2 Å². The van der Waals surface area contributed by atoms with Crippen LogP contribution in [-0.4, -0.2) is 53.5 Å². The number of thioether (sulfide) groups is 1. The number of carbonyl (C=O) groups excluding carboxylic acids is 2. The minimum Gasteiger partial charge on any atom is -0.360 e. The Morgan fingerprint density at radius 2 is 2.24 bits per heavy atom. The van der Waals surface area contributed by atoms with Crippen molar-refractivity contribution in [1.82, 2.24) is 10.1 Å². The fraction of sp³-hybridized carbons (Fsp3) is 0.583. The largest absolute Gasteiger partial charge is 0.360 e. The highest BCUT2D eigenvalue weighted by Crippen LogP contribution is 2.07. The van der Waals surface area contributed by atoms with E-state index in [1.807, 2.05) is 6.26 Å². The van der Waals surface area contributed by atoms with Crippen molar-refractivity contribution in [2.24, 2.45) is 5.73 Å². The molecule has 0 fully saturated rings. The zero-order chi connectivity index (χ0) is 15.1. The summed E-state index contributed by atoms with van der Waals surface area (Å²) in [4.78, 5) is 25.0. The van der Waals surface area contributed by atoms with Crippen LogP contribution in [0.4, 0.5) is 5.82 Å². The number of nitrogens with two attached hydrogens (primary N) is 1. The van der Waals surface area contributed by atoms with E-state index in [4.69, 9.17) is 10.3 Å². The van der Waals surface area contributed by atoms with Crippen molar-refractivity contribution in [2.45, 2.75) is 19.4 Å². The van der Waals surface area contributed by atoms with Gasteiger partial charge in [0.15, 0.2) is 5.82 Å². The predicted molar refractivity (Wildman–Crippen MR) is 85.7 cm³/mol. The van der Waals surface area contributed by atoms with Gasteiger partial charge in [0.2, 0.25) is 11.8 Å². The first kappa shape index (κ1) is 19.8. The molecule has 1 aromatic heterocycles. The molecule has 0 aliphatic heterocycles. The summed E-state index contributed by atoms with van der Waals surface area (Å²) in [5.41, 5.74) is 5.77. The van der Waals surface area contributed by atoms with Gasteiger partial charge in [0.25, 0.3) is 0 Å². The van der Waals surface area contributed by atoms with Crippen LogP contribution in [0.1, 0.15) is 12.2 Å². The fourth-order valence-corrected chi connectivity index (χ4v) is 2.04. The SMILES string of the molecule is CSCC[C@H](N)C(=O)N(C)CC(=O)Nc1cc(C)on1.Cl. The molecule has 0 bridgehead atoms. The number of halogens is 1. The second-order valence-corrected chi connectivity index (χ2v) is 5.44. The Labute approximate surface area is 134 Å². The molecule has 120 valence electrons. The third kappa shape index (κ3) is 6.83. The monoisotopic (exact) mass is 336 g/mol. The molecule has 7 nitrogen and oxygen atoms in total. The van der Waals surface area contributed by atoms with E-state index < -0.39 is 6.04 Å². The lowest BCUT2D eigenvalue weighted by Gasteiger charge is -2.20. The van der Waals surface area contributed by atoms with Crippen molar-refractivity contribution in [1.29, 1.82) is 0 Å². The maximum absolute atomic E-state index is 11.9. The van der Waals surface area contributed by atoms with Crippen molar-refractivity contribution in [2.75, 3.05) is 30.9 Å². The number of amides is 2. The van der Waals surface area contributed by atoms with E-state index in [1.165, 1.54) is 4.90 Å².